The van der Waals surface area contributed by atoms with Crippen LogP contribution in [0, 0.1) is 0 Å². The van der Waals surface area contributed by atoms with E-state index in [4.69, 9.17) is 4.74 Å². The van der Waals surface area contributed by atoms with Crippen molar-refractivity contribution < 1.29 is 4.74 Å². The van der Waals surface area contributed by atoms with Gasteiger partial charge in [0.2, 0.25) is 0 Å². The Hall–Kier alpha value is -1.02. The Kier molecular flexibility index (Phi) is 4.15. The van der Waals surface area contributed by atoms with E-state index in [2.05, 4.69) is 63.8 Å². The summed E-state index contributed by atoms with van der Waals surface area (Å²) in [4.78, 5) is 2.70. The minimum Gasteiger partial charge on any atom is -0.497 e. The second kappa shape index (κ2) is 5.40. The van der Waals surface area contributed by atoms with E-state index in [0.29, 0.717) is 6.04 Å². The molecule has 2 nitrogen and oxygen atoms in total. The van der Waals surface area contributed by atoms with Gasteiger partial charge in [0, 0.05) is 17.1 Å². The van der Waals surface area contributed by atoms with Gasteiger partial charge in [-0.25, -0.2) is 0 Å². The Balaban J connectivity index is 2.30. The lowest BCUT2D eigenvalue weighted by Crippen LogP contribution is -2.59. The van der Waals surface area contributed by atoms with Crippen molar-refractivity contribution >= 4 is 0 Å². The average molecular weight is 275 g/mol. The molecule has 1 aliphatic rings. The summed E-state index contributed by atoms with van der Waals surface area (Å²) in [5, 5.41) is 0. The summed E-state index contributed by atoms with van der Waals surface area (Å²) in [5.74, 6) is 0.929. The third-order valence-corrected chi connectivity index (χ3v) is 4.87. The molecule has 0 N–H and O–H groups in total. The van der Waals surface area contributed by atoms with E-state index in [-0.39, 0.29) is 11.1 Å². The molecule has 1 saturated heterocycles. The topological polar surface area (TPSA) is 12.5 Å². The zero-order valence-electron chi connectivity index (χ0n) is 13.9. The third-order valence-electron chi connectivity index (χ3n) is 4.87. The van der Waals surface area contributed by atoms with Gasteiger partial charge < -0.3 is 4.74 Å². The van der Waals surface area contributed by atoms with E-state index in [1.165, 1.54) is 24.8 Å². The molecule has 1 heterocycles. The first-order chi connectivity index (χ1) is 9.28. The number of nitrogens with zero attached hydrogens (tertiary/aromatic N) is 1. The van der Waals surface area contributed by atoms with Gasteiger partial charge in [-0.3, -0.25) is 4.90 Å². The van der Waals surface area contributed by atoms with E-state index in [1.807, 2.05) is 0 Å². The highest BCUT2D eigenvalue weighted by Gasteiger charge is 2.43. The maximum atomic E-state index is 5.26. The van der Waals surface area contributed by atoms with Crippen molar-refractivity contribution in [3.05, 3.63) is 29.8 Å². The summed E-state index contributed by atoms with van der Waals surface area (Å²) < 4.78 is 5.26. The van der Waals surface area contributed by atoms with Crippen LogP contribution in [0.5, 0.6) is 5.75 Å². The molecular weight excluding hydrogens is 246 g/mol. The van der Waals surface area contributed by atoms with Gasteiger partial charge in [0.05, 0.1) is 7.11 Å². The van der Waals surface area contributed by atoms with Crippen molar-refractivity contribution in [2.45, 2.75) is 71.0 Å². The Morgan fingerprint density at radius 3 is 1.95 bits per heavy atom. The van der Waals surface area contributed by atoms with Crippen LogP contribution in [-0.2, 0) is 0 Å². The predicted octanol–water partition coefficient (Wildman–Crippen LogP) is 4.80. The molecule has 112 valence electrons. The molecule has 1 aromatic carbocycles. The fourth-order valence-corrected chi connectivity index (χ4v) is 4.09. The van der Waals surface area contributed by atoms with E-state index in [0.717, 1.165) is 5.75 Å². The van der Waals surface area contributed by atoms with Gasteiger partial charge >= 0.3 is 0 Å². The van der Waals surface area contributed by atoms with E-state index in [1.54, 1.807) is 7.11 Å². The number of rotatable bonds is 3. The standard InChI is InChI=1S/C18H29NO/c1-14(15-8-10-16(20-6)11-9-15)19-17(2,3)12-7-13-18(19,4)5/h8-11,14H,7,12-13H2,1-6H3. The minimum atomic E-state index is 0.251. The van der Waals surface area contributed by atoms with Crippen molar-refractivity contribution in [3.63, 3.8) is 0 Å². The Morgan fingerprint density at radius 2 is 1.50 bits per heavy atom. The molecule has 0 aliphatic carbocycles. The van der Waals surface area contributed by atoms with Crippen LogP contribution in [0.2, 0.25) is 0 Å². The second-order valence-electron chi connectivity index (χ2n) is 7.30. The number of methoxy groups -OCH3 is 1. The largest absolute Gasteiger partial charge is 0.497 e. The zero-order valence-corrected chi connectivity index (χ0v) is 13.9. The van der Waals surface area contributed by atoms with Gasteiger partial charge in [-0.15, -0.1) is 0 Å². The van der Waals surface area contributed by atoms with E-state index >= 15 is 0 Å². The summed E-state index contributed by atoms with van der Waals surface area (Å²) in [6.07, 6.45) is 3.87. The van der Waals surface area contributed by atoms with Crippen LogP contribution in [-0.4, -0.2) is 23.1 Å². The van der Waals surface area contributed by atoms with Crippen molar-refractivity contribution in [1.29, 1.82) is 0 Å². The minimum absolute atomic E-state index is 0.251. The van der Waals surface area contributed by atoms with Crippen LogP contribution < -0.4 is 4.74 Å². The summed E-state index contributed by atoms with van der Waals surface area (Å²) >= 11 is 0. The van der Waals surface area contributed by atoms with Crippen LogP contribution in [0.15, 0.2) is 24.3 Å². The van der Waals surface area contributed by atoms with Crippen molar-refractivity contribution in [2.75, 3.05) is 7.11 Å². The number of likely N-dealkylation sites (tertiary alicyclic amines) is 1. The Morgan fingerprint density at radius 1 is 1.00 bits per heavy atom. The Labute approximate surface area is 124 Å². The molecule has 0 bridgehead atoms. The number of hydrogen-bond donors (Lipinski definition) is 0. The molecule has 2 rings (SSSR count). The molecule has 0 spiro atoms. The van der Waals surface area contributed by atoms with Crippen molar-refractivity contribution in [1.82, 2.24) is 4.90 Å². The SMILES string of the molecule is COc1ccc(C(C)N2C(C)(C)CCCC2(C)C)cc1. The number of benzene rings is 1. The lowest BCUT2D eigenvalue weighted by molar-refractivity contribution is -0.0574. The predicted molar refractivity (Wildman–Crippen MR) is 85.3 cm³/mol. The van der Waals surface area contributed by atoms with Gasteiger partial charge in [0.15, 0.2) is 0 Å². The van der Waals surface area contributed by atoms with Crippen LogP contribution in [0.3, 0.4) is 0 Å². The van der Waals surface area contributed by atoms with Crippen LogP contribution in [0.4, 0.5) is 0 Å². The highest BCUT2D eigenvalue weighted by Crippen LogP contribution is 2.44. The number of hydrogen-bond acceptors (Lipinski definition) is 2. The molecule has 1 atom stereocenters. The van der Waals surface area contributed by atoms with Crippen molar-refractivity contribution in [2.24, 2.45) is 0 Å². The molecule has 0 radical (unpaired) electrons. The Bertz CT molecular complexity index is 431. The van der Waals surface area contributed by atoms with Gasteiger partial charge in [-0.1, -0.05) is 12.1 Å². The quantitative estimate of drug-likeness (QED) is 0.785. The first kappa shape index (κ1) is 15.4. The lowest BCUT2D eigenvalue weighted by Gasteiger charge is -2.56. The van der Waals surface area contributed by atoms with E-state index in [9.17, 15) is 0 Å². The molecular formula is C18H29NO. The number of piperidine rings is 1. The molecule has 1 fully saturated rings. The molecule has 0 amide bonds. The average Bonchev–Trinajstić information content (AvgIpc) is 2.36. The monoisotopic (exact) mass is 275 g/mol. The molecule has 1 aliphatic heterocycles. The summed E-state index contributed by atoms with van der Waals surface area (Å²) in [7, 11) is 1.72. The first-order valence-electron chi connectivity index (χ1n) is 7.71. The third kappa shape index (κ3) is 2.85. The normalized spacial score (nSPS) is 23.3. The molecule has 2 heteroatoms. The van der Waals surface area contributed by atoms with Crippen LogP contribution in [0.25, 0.3) is 0 Å². The first-order valence-corrected chi connectivity index (χ1v) is 7.71. The molecule has 20 heavy (non-hydrogen) atoms. The highest BCUT2D eigenvalue weighted by atomic mass is 16.5. The molecule has 1 unspecified atom stereocenters. The number of ether oxygens (including phenoxy) is 1. The summed E-state index contributed by atoms with van der Waals surface area (Å²) in [6, 6.07) is 8.95. The van der Waals surface area contributed by atoms with E-state index < -0.39 is 0 Å². The maximum Gasteiger partial charge on any atom is 0.118 e. The van der Waals surface area contributed by atoms with Gasteiger partial charge in [-0.05, 0) is 71.6 Å². The fraction of sp³-hybridized carbons (Fsp3) is 0.667. The van der Waals surface area contributed by atoms with Crippen LogP contribution >= 0.6 is 0 Å². The fourth-order valence-electron chi connectivity index (χ4n) is 4.09. The summed E-state index contributed by atoms with van der Waals surface area (Å²) in [5.41, 5.74) is 1.87. The summed E-state index contributed by atoms with van der Waals surface area (Å²) in [6.45, 7) is 11.9. The molecule has 1 aromatic rings. The van der Waals surface area contributed by atoms with Crippen LogP contribution in [0.1, 0.15) is 65.5 Å². The maximum absolute atomic E-state index is 5.26. The molecule has 0 aromatic heterocycles. The smallest absolute Gasteiger partial charge is 0.118 e. The molecule has 0 saturated carbocycles. The highest BCUT2D eigenvalue weighted by molar-refractivity contribution is 5.29. The van der Waals surface area contributed by atoms with Crippen molar-refractivity contribution in [3.8, 4) is 5.75 Å². The van der Waals surface area contributed by atoms with Gasteiger partial charge in [-0.2, -0.15) is 0 Å². The van der Waals surface area contributed by atoms with Gasteiger partial charge in [0.1, 0.15) is 5.75 Å². The second-order valence-corrected chi connectivity index (χ2v) is 7.30. The lowest BCUT2D eigenvalue weighted by atomic mass is 9.78. The van der Waals surface area contributed by atoms with Gasteiger partial charge in [0.25, 0.3) is 0 Å². The zero-order chi connectivity index (χ0) is 15.0.